The second-order valence-corrected chi connectivity index (χ2v) is 5.14. The van der Waals surface area contributed by atoms with Crippen molar-refractivity contribution in [3.8, 4) is 0 Å². The van der Waals surface area contributed by atoms with Gasteiger partial charge in [0.1, 0.15) is 5.82 Å². The average molecular weight is 265 g/mol. The molecule has 1 saturated heterocycles. The van der Waals surface area contributed by atoms with Crippen molar-refractivity contribution in [3.05, 3.63) is 12.0 Å². The first-order chi connectivity index (χ1) is 9.22. The molecule has 2 fully saturated rings. The van der Waals surface area contributed by atoms with Crippen molar-refractivity contribution in [1.29, 1.82) is 0 Å². The Kier molecular flexibility index (Phi) is 3.18. The van der Waals surface area contributed by atoms with Gasteiger partial charge in [0.15, 0.2) is 5.69 Å². The summed E-state index contributed by atoms with van der Waals surface area (Å²) < 4.78 is 12.6. The Morgan fingerprint density at radius 1 is 1.58 bits per heavy atom. The topological polar surface area (TPSA) is 79.4 Å². The smallest absolute Gasteiger partial charge is 0.360 e. The van der Waals surface area contributed by atoms with Crippen LogP contribution in [0.25, 0.3) is 0 Å². The zero-order valence-electron chi connectivity index (χ0n) is 11.0. The van der Waals surface area contributed by atoms with E-state index >= 15 is 0 Å². The molecule has 1 aromatic rings. The van der Waals surface area contributed by atoms with E-state index in [4.69, 9.17) is 15.2 Å². The molecule has 2 N–H and O–H groups in total. The van der Waals surface area contributed by atoms with Crippen molar-refractivity contribution in [2.75, 3.05) is 18.9 Å². The van der Waals surface area contributed by atoms with Crippen LogP contribution in [0.4, 0.5) is 5.82 Å². The Bertz CT molecular complexity index is 481. The van der Waals surface area contributed by atoms with Gasteiger partial charge in [-0.1, -0.05) is 0 Å². The second-order valence-electron chi connectivity index (χ2n) is 5.14. The SMILES string of the molecule is CCOC(=O)c1ncn(C2CCOC2C2CC2)c1N. The van der Waals surface area contributed by atoms with Gasteiger partial charge in [-0.05, 0) is 32.1 Å². The van der Waals surface area contributed by atoms with E-state index in [-0.39, 0.29) is 17.8 Å². The van der Waals surface area contributed by atoms with E-state index in [0.717, 1.165) is 13.0 Å². The number of imidazole rings is 1. The molecule has 6 heteroatoms. The zero-order chi connectivity index (χ0) is 13.4. The third kappa shape index (κ3) is 2.20. The number of anilines is 1. The Morgan fingerprint density at radius 3 is 3.05 bits per heavy atom. The normalized spacial score (nSPS) is 26.6. The van der Waals surface area contributed by atoms with Crippen LogP contribution in [0.1, 0.15) is 42.7 Å². The summed E-state index contributed by atoms with van der Waals surface area (Å²) in [5.74, 6) is 0.570. The predicted octanol–water partition coefficient (Wildman–Crippen LogP) is 1.38. The number of rotatable bonds is 4. The summed E-state index contributed by atoms with van der Waals surface area (Å²) in [5.41, 5.74) is 6.25. The monoisotopic (exact) mass is 265 g/mol. The highest BCUT2D eigenvalue weighted by molar-refractivity contribution is 5.92. The fourth-order valence-electron chi connectivity index (χ4n) is 2.76. The summed E-state index contributed by atoms with van der Waals surface area (Å²) in [6, 6.07) is 0.197. The Balaban J connectivity index is 1.83. The van der Waals surface area contributed by atoms with Crippen molar-refractivity contribution in [3.63, 3.8) is 0 Å². The zero-order valence-corrected chi connectivity index (χ0v) is 11.0. The van der Waals surface area contributed by atoms with E-state index in [2.05, 4.69) is 4.98 Å². The molecule has 1 saturated carbocycles. The highest BCUT2D eigenvalue weighted by atomic mass is 16.5. The largest absolute Gasteiger partial charge is 0.461 e. The van der Waals surface area contributed by atoms with Crippen LogP contribution >= 0.6 is 0 Å². The summed E-state index contributed by atoms with van der Waals surface area (Å²) in [6.07, 6.45) is 5.22. The minimum Gasteiger partial charge on any atom is -0.461 e. The number of aromatic nitrogens is 2. The van der Waals surface area contributed by atoms with E-state index in [1.54, 1.807) is 13.3 Å². The first kappa shape index (κ1) is 12.5. The van der Waals surface area contributed by atoms with Gasteiger partial charge in [-0.25, -0.2) is 9.78 Å². The molecule has 1 aliphatic heterocycles. The summed E-state index contributed by atoms with van der Waals surface area (Å²) in [7, 11) is 0. The molecular formula is C13H19N3O3. The summed E-state index contributed by atoms with van der Waals surface area (Å²) in [4.78, 5) is 15.8. The van der Waals surface area contributed by atoms with Gasteiger partial charge in [-0.15, -0.1) is 0 Å². The van der Waals surface area contributed by atoms with E-state index in [1.807, 2.05) is 4.57 Å². The minimum atomic E-state index is -0.458. The lowest BCUT2D eigenvalue weighted by atomic mass is 10.1. The third-order valence-electron chi connectivity index (χ3n) is 3.85. The fraction of sp³-hybridized carbons (Fsp3) is 0.692. The van der Waals surface area contributed by atoms with Crippen LogP contribution in [-0.2, 0) is 9.47 Å². The maximum Gasteiger partial charge on any atom is 0.360 e. The molecule has 2 heterocycles. The van der Waals surface area contributed by atoms with E-state index in [1.165, 1.54) is 12.8 Å². The molecule has 0 spiro atoms. The highest BCUT2D eigenvalue weighted by Crippen LogP contribution is 2.44. The number of hydrogen-bond donors (Lipinski definition) is 1. The summed E-state index contributed by atoms with van der Waals surface area (Å²) in [5, 5.41) is 0. The van der Waals surface area contributed by atoms with Crippen LogP contribution < -0.4 is 5.73 Å². The van der Waals surface area contributed by atoms with Crippen molar-refractivity contribution >= 4 is 11.8 Å². The second kappa shape index (κ2) is 4.85. The average Bonchev–Trinajstić information content (AvgIpc) is 2.99. The molecular weight excluding hydrogens is 246 g/mol. The van der Waals surface area contributed by atoms with Gasteiger partial charge in [0.25, 0.3) is 0 Å². The fourth-order valence-corrected chi connectivity index (χ4v) is 2.76. The van der Waals surface area contributed by atoms with Gasteiger partial charge in [-0.2, -0.15) is 0 Å². The van der Waals surface area contributed by atoms with Gasteiger partial charge in [0.2, 0.25) is 0 Å². The number of esters is 1. The van der Waals surface area contributed by atoms with Gasteiger partial charge in [0, 0.05) is 6.61 Å². The summed E-state index contributed by atoms with van der Waals surface area (Å²) in [6.45, 7) is 2.83. The predicted molar refractivity (Wildman–Crippen MR) is 68.7 cm³/mol. The number of carbonyl (C=O) groups excluding carboxylic acids is 1. The lowest BCUT2D eigenvalue weighted by Gasteiger charge is -2.20. The molecule has 104 valence electrons. The number of nitrogens with zero attached hydrogens (tertiary/aromatic N) is 2. The molecule has 0 radical (unpaired) electrons. The van der Waals surface area contributed by atoms with Gasteiger partial charge in [0.05, 0.1) is 25.1 Å². The molecule has 3 rings (SSSR count). The Hall–Kier alpha value is -1.56. The number of carbonyl (C=O) groups is 1. The van der Waals surface area contributed by atoms with Crippen LogP contribution in [-0.4, -0.2) is 34.8 Å². The molecule has 0 aromatic carbocycles. The molecule has 1 aliphatic carbocycles. The number of nitrogens with two attached hydrogens (primary N) is 1. The van der Waals surface area contributed by atoms with Crippen molar-refractivity contribution < 1.29 is 14.3 Å². The quantitative estimate of drug-likeness (QED) is 0.832. The van der Waals surface area contributed by atoms with E-state index in [9.17, 15) is 4.79 Å². The molecule has 6 nitrogen and oxygen atoms in total. The van der Waals surface area contributed by atoms with E-state index < -0.39 is 5.97 Å². The molecule has 2 aliphatic rings. The van der Waals surface area contributed by atoms with Crippen LogP contribution in [0.2, 0.25) is 0 Å². The van der Waals surface area contributed by atoms with Crippen molar-refractivity contribution in [2.45, 2.75) is 38.3 Å². The molecule has 19 heavy (non-hydrogen) atoms. The summed E-state index contributed by atoms with van der Waals surface area (Å²) >= 11 is 0. The molecule has 2 atom stereocenters. The molecule has 0 amide bonds. The maximum atomic E-state index is 11.7. The first-order valence-electron chi connectivity index (χ1n) is 6.83. The third-order valence-corrected chi connectivity index (χ3v) is 3.85. The van der Waals surface area contributed by atoms with Crippen molar-refractivity contribution in [1.82, 2.24) is 9.55 Å². The first-order valence-corrected chi connectivity index (χ1v) is 6.83. The van der Waals surface area contributed by atoms with E-state index in [0.29, 0.717) is 18.3 Å². The Morgan fingerprint density at radius 2 is 2.37 bits per heavy atom. The minimum absolute atomic E-state index is 0.197. The van der Waals surface area contributed by atoms with Crippen LogP contribution in [0.5, 0.6) is 0 Å². The Labute approximate surface area is 111 Å². The molecule has 2 unspecified atom stereocenters. The standard InChI is InChI=1S/C13H19N3O3/c1-2-18-13(17)10-12(14)16(7-15-10)9-5-6-19-11(9)8-3-4-8/h7-9,11H,2-6,14H2,1H3. The van der Waals surface area contributed by atoms with Crippen LogP contribution in [0.15, 0.2) is 6.33 Å². The number of nitrogen functional groups attached to an aromatic ring is 1. The lowest BCUT2D eigenvalue weighted by Crippen LogP contribution is -2.23. The molecule has 0 bridgehead atoms. The van der Waals surface area contributed by atoms with Gasteiger partial charge in [-0.3, -0.25) is 0 Å². The number of ether oxygens (including phenoxy) is 2. The lowest BCUT2D eigenvalue weighted by molar-refractivity contribution is 0.0521. The van der Waals surface area contributed by atoms with Crippen LogP contribution in [0, 0.1) is 5.92 Å². The highest BCUT2D eigenvalue weighted by Gasteiger charge is 2.42. The van der Waals surface area contributed by atoms with Gasteiger partial charge < -0.3 is 19.8 Å². The number of hydrogen-bond acceptors (Lipinski definition) is 5. The van der Waals surface area contributed by atoms with Crippen LogP contribution in [0.3, 0.4) is 0 Å². The van der Waals surface area contributed by atoms with Crippen molar-refractivity contribution in [2.24, 2.45) is 5.92 Å². The molecule has 1 aromatic heterocycles. The maximum absolute atomic E-state index is 11.7. The van der Waals surface area contributed by atoms with Gasteiger partial charge >= 0.3 is 5.97 Å².